The molecule has 0 amide bonds. The first kappa shape index (κ1) is 17.1. The minimum Gasteiger partial charge on any atom is -0.453 e. The van der Waals surface area contributed by atoms with E-state index in [1.807, 2.05) is 61.5 Å². The van der Waals surface area contributed by atoms with Gasteiger partial charge in [0, 0.05) is 0 Å². The van der Waals surface area contributed by atoms with E-state index in [9.17, 15) is 0 Å². The standard InChI is InChI=1S/C23H24O2/c1-4-18-12-6-8-14-20(18)24-22-16-10-11-17(3)23(22)25-21-15-9-7-13-19(21)5-2/h6-16H,4-5H2,1-3H3. The molecule has 0 unspecified atom stereocenters. The summed E-state index contributed by atoms with van der Waals surface area (Å²) in [5, 5.41) is 0. The third-order valence-corrected chi connectivity index (χ3v) is 4.31. The summed E-state index contributed by atoms with van der Waals surface area (Å²) in [7, 11) is 0. The molecule has 0 radical (unpaired) electrons. The van der Waals surface area contributed by atoms with Crippen LogP contribution in [0.1, 0.15) is 30.5 Å². The topological polar surface area (TPSA) is 18.5 Å². The van der Waals surface area contributed by atoms with Crippen molar-refractivity contribution in [2.75, 3.05) is 0 Å². The van der Waals surface area contributed by atoms with Crippen molar-refractivity contribution >= 4 is 0 Å². The van der Waals surface area contributed by atoms with Crippen LogP contribution >= 0.6 is 0 Å². The summed E-state index contributed by atoms with van der Waals surface area (Å²) < 4.78 is 12.5. The van der Waals surface area contributed by atoms with Crippen LogP contribution in [0.4, 0.5) is 0 Å². The molecule has 0 N–H and O–H groups in total. The molecule has 3 aromatic rings. The molecule has 0 aliphatic rings. The molecule has 0 aliphatic heterocycles. The van der Waals surface area contributed by atoms with Gasteiger partial charge < -0.3 is 9.47 Å². The molecule has 25 heavy (non-hydrogen) atoms. The Morgan fingerprint density at radius 1 is 0.600 bits per heavy atom. The van der Waals surface area contributed by atoms with Gasteiger partial charge in [0.25, 0.3) is 0 Å². The van der Waals surface area contributed by atoms with E-state index in [2.05, 4.69) is 26.0 Å². The molecular weight excluding hydrogens is 308 g/mol. The van der Waals surface area contributed by atoms with Gasteiger partial charge in [0.15, 0.2) is 11.5 Å². The van der Waals surface area contributed by atoms with E-state index in [-0.39, 0.29) is 0 Å². The van der Waals surface area contributed by atoms with Crippen molar-refractivity contribution in [2.45, 2.75) is 33.6 Å². The zero-order chi connectivity index (χ0) is 17.6. The van der Waals surface area contributed by atoms with Crippen molar-refractivity contribution < 1.29 is 9.47 Å². The van der Waals surface area contributed by atoms with Gasteiger partial charge in [-0.25, -0.2) is 0 Å². The summed E-state index contributed by atoms with van der Waals surface area (Å²) in [5.41, 5.74) is 3.42. The molecule has 2 heteroatoms. The van der Waals surface area contributed by atoms with Gasteiger partial charge in [-0.15, -0.1) is 0 Å². The lowest BCUT2D eigenvalue weighted by molar-refractivity contribution is 0.412. The number of benzene rings is 3. The van der Waals surface area contributed by atoms with Gasteiger partial charge in [-0.3, -0.25) is 0 Å². The highest BCUT2D eigenvalue weighted by Gasteiger charge is 2.13. The smallest absolute Gasteiger partial charge is 0.172 e. The van der Waals surface area contributed by atoms with E-state index in [1.54, 1.807) is 0 Å². The van der Waals surface area contributed by atoms with Crippen molar-refractivity contribution in [3.05, 3.63) is 83.4 Å². The van der Waals surface area contributed by atoms with Gasteiger partial charge in [-0.2, -0.15) is 0 Å². The van der Waals surface area contributed by atoms with E-state index in [0.29, 0.717) is 0 Å². The van der Waals surface area contributed by atoms with Crippen molar-refractivity contribution in [1.29, 1.82) is 0 Å². The van der Waals surface area contributed by atoms with E-state index < -0.39 is 0 Å². The Balaban J connectivity index is 1.98. The SMILES string of the molecule is CCc1ccccc1Oc1cccc(C)c1Oc1ccccc1CC. The highest BCUT2D eigenvalue weighted by atomic mass is 16.5. The summed E-state index contributed by atoms with van der Waals surface area (Å²) in [6, 6.07) is 22.3. The van der Waals surface area contributed by atoms with E-state index in [0.717, 1.165) is 41.4 Å². The predicted molar refractivity (Wildman–Crippen MR) is 103 cm³/mol. The molecule has 0 saturated carbocycles. The first-order valence-corrected chi connectivity index (χ1v) is 8.84. The Morgan fingerprint density at radius 3 is 1.72 bits per heavy atom. The third-order valence-electron chi connectivity index (χ3n) is 4.31. The number of rotatable bonds is 6. The molecule has 0 saturated heterocycles. The molecule has 128 valence electrons. The first-order valence-electron chi connectivity index (χ1n) is 8.84. The zero-order valence-corrected chi connectivity index (χ0v) is 15.1. The lowest BCUT2D eigenvalue weighted by atomic mass is 10.1. The maximum Gasteiger partial charge on any atom is 0.172 e. The van der Waals surface area contributed by atoms with Crippen LogP contribution < -0.4 is 9.47 Å². The van der Waals surface area contributed by atoms with Crippen molar-refractivity contribution in [3.8, 4) is 23.0 Å². The molecule has 0 spiro atoms. The quantitative estimate of drug-likeness (QED) is 0.500. The van der Waals surface area contributed by atoms with Crippen molar-refractivity contribution in [2.24, 2.45) is 0 Å². The fourth-order valence-corrected chi connectivity index (χ4v) is 2.86. The predicted octanol–water partition coefficient (Wildman–Crippen LogP) is 6.70. The lowest BCUT2D eigenvalue weighted by Gasteiger charge is -2.17. The monoisotopic (exact) mass is 332 g/mol. The second-order valence-corrected chi connectivity index (χ2v) is 6.03. The lowest BCUT2D eigenvalue weighted by Crippen LogP contribution is -1.96. The second-order valence-electron chi connectivity index (χ2n) is 6.03. The maximum atomic E-state index is 6.28. The third kappa shape index (κ3) is 3.85. The average Bonchev–Trinajstić information content (AvgIpc) is 2.65. The van der Waals surface area contributed by atoms with Crippen LogP contribution in [0.2, 0.25) is 0 Å². The fourth-order valence-electron chi connectivity index (χ4n) is 2.86. The Labute approximate surface area is 150 Å². The Morgan fingerprint density at radius 2 is 1.12 bits per heavy atom. The number of para-hydroxylation sites is 3. The normalized spacial score (nSPS) is 10.5. The van der Waals surface area contributed by atoms with Crippen LogP contribution in [0.3, 0.4) is 0 Å². The molecule has 3 rings (SSSR count). The molecule has 0 fully saturated rings. The van der Waals surface area contributed by atoms with Crippen LogP contribution in [0, 0.1) is 6.92 Å². The first-order chi connectivity index (χ1) is 12.2. The molecule has 0 aliphatic carbocycles. The minimum atomic E-state index is 0.742. The maximum absolute atomic E-state index is 6.28. The van der Waals surface area contributed by atoms with E-state index >= 15 is 0 Å². The Kier molecular flexibility index (Phi) is 5.39. The molecule has 0 aromatic heterocycles. The van der Waals surface area contributed by atoms with Crippen LogP contribution in [-0.2, 0) is 12.8 Å². The summed E-state index contributed by atoms with van der Waals surface area (Å²) in [4.78, 5) is 0. The van der Waals surface area contributed by atoms with Crippen LogP contribution in [-0.4, -0.2) is 0 Å². The van der Waals surface area contributed by atoms with Crippen molar-refractivity contribution in [3.63, 3.8) is 0 Å². The largest absolute Gasteiger partial charge is 0.453 e. The Bertz CT molecular complexity index is 852. The minimum absolute atomic E-state index is 0.742. The number of hydrogen-bond donors (Lipinski definition) is 0. The highest BCUT2D eigenvalue weighted by molar-refractivity contribution is 5.52. The molecule has 0 atom stereocenters. The molecule has 0 heterocycles. The molecule has 3 aromatic carbocycles. The summed E-state index contributed by atoms with van der Waals surface area (Å²) in [6.45, 7) is 6.31. The van der Waals surface area contributed by atoms with E-state index in [1.165, 1.54) is 11.1 Å². The number of aryl methyl sites for hydroxylation is 3. The van der Waals surface area contributed by atoms with Crippen molar-refractivity contribution in [1.82, 2.24) is 0 Å². The average molecular weight is 332 g/mol. The van der Waals surface area contributed by atoms with Crippen LogP contribution in [0.5, 0.6) is 23.0 Å². The fraction of sp³-hybridized carbons (Fsp3) is 0.217. The Hall–Kier alpha value is -2.74. The van der Waals surface area contributed by atoms with Crippen LogP contribution in [0.15, 0.2) is 66.7 Å². The summed E-state index contributed by atoms with van der Waals surface area (Å²) in [6.07, 6.45) is 1.85. The summed E-state index contributed by atoms with van der Waals surface area (Å²) in [5.74, 6) is 3.28. The molecule has 2 nitrogen and oxygen atoms in total. The van der Waals surface area contributed by atoms with Crippen LogP contribution in [0.25, 0.3) is 0 Å². The van der Waals surface area contributed by atoms with Gasteiger partial charge in [-0.1, -0.05) is 62.4 Å². The summed E-state index contributed by atoms with van der Waals surface area (Å²) >= 11 is 0. The zero-order valence-electron chi connectivity index (χ0n) is 15.1. The van der Waals surface area contributed by atoms with Gasteiger partial charge in [0.1, 0.15) is 11.5 Å². The van der Waals surface area contributed by atoms with Gasteiger partial charge >= 0.3 is 0 Å². The van der Waals surface area contributed by atoms with E-state index in [4.69, 9.17) is 9.47 Å². The highest BCUT2D eigenvalue weighted by Crippen LogP contribution is 2.39. The van der Waals surface area contributed by atoms with Gasteiger partial charge in [-0.05, 0) is 54.7 Å². The number of ether oxygens (including phenoxy) is 2. The van der Waals surface area contributed by atoms with Gasteiger partial charge in [0.05, 0.1) is 0 Å². The second kappa shape index (κ2) is 7.89. The van der Waals surface area contributed by atoms with Gasteiger partial charge in [0.2, 0.25) is 0 Å². The number of hydrogen-bond acceptors (Lipinski definition) is 2. The molecule has 0 bridgehead atoms. The molecular formula is C23H24O2.